The van der Waals surface area contributed by atoms with Gasteiger partial charge < -0.3 is 5.32 Å². The van der Waals surface area contributed by atoms with Crippen LogP contribution in [0.25, 0.3) is 0 Å². The summed E-state index contributed by atoms with van der Waals surface area (Å²) >= 11 is 2.30. The average molecular weight is 369 g/mol. The van der Waals surface area contributed by atoms with Gasteiger partial charge in [0.1, 0.15) is 0 Å². The first-order chi connectivity index (χ1) is 9.13. The molecule has 2 aliphatic carbocycles. The van der Waals surface area contributed by atoms with E-state index >= 15 is 0 Å². The molecule has 102 valence electrons. The molecule has 0 aromatic heterocycles. The lowest BCUT2D eigenvalue weighted by Gasteiger charge is -2.15. The fourth-order valence-electron chi connectivity index (χ4n) is 2.95. The summed E-state index contributed by atoms with van der Waals surface area (Å²) in [5, 5.41) is 3.09. The number of hydrogen-bond donors (Lipinski definition) is 1. The topological polar surface area (TPSA) is 29.1 Å². The summed E-state index contributed by atoms with van der Waals surface area (Å²) in [6.07, 6.45) is 6.10. The number of nitrogens with one attached hydrogen (secondary N) is 1. The highest BCUT2D eigenvalue weighted by molar-refractivity contribution is 14.1. The van der Waals surface area contributed by atoms with Crippen molar-refractivity contribution in [1.82, 2.24) is 0 Å². The minimum atomic E-state index is 0.202. The van der Waals surface area contributed by atoms with Gasteiger partial charge in [-0.15, -0.1) is 0 Å². The van der Waals surface area contributed by atoms with Gasteiger partial charge in [-0.25, -0.2) is 0 Å². The molecule has 2 saturated carbocycles. The van der Waals surface area contributed by atoms with E-state index in [9.17, 15) is 4.79 Å². The van der Waals surface area contributed by atoms with Crippen LogP contribution in [-0.2, 0) is 4.79 Å². The Hall–Kier alpha value is -0.580. The van der Waals surface area contributed by atoms with Crippen molar-refractivity contribution in [2.45, 2.75) is 39.0 Å². The molecule has 2 aliphatic rings. The molecule has 0 spiro atoms. The number of amides is 1. The molecule has 19 heavy (non-hydrogen) atoms. The van der Waals surface area contributed by atoms with E-state index < -0.39 is 0 Å². The predicted octanol–water partition coefficient (Wildman–Crippen LogP) is 4.36. The number of aryl methyl sites for hydroxylation is 1. The number of benzene rings is 1. The summed E-state index contributed by atoms with van der Waals surface area (Å²) in [5.41, 5.74) is 2.12. The summed E-state index contributed by atoms with van der Waals surface area (Å²) in [4.78, 5) is 12.2. The Kier molecular flexibility index (Phi) is 3.83. The maximum Gasteiger partial charge on any atom is 0.224 e. The van der Waals surface area contributed by atoms with Crippen LogP contribution in [0.3, 0.4) is 0 Å². The molecule has 1 aromatic carbocycles. The van der Waals surface area contributed by atoms with Gasteiger partial charge in [0.2, 0.25) is 5.91 Å². The summed E-state index contributed by atoms with van der Waals surface area (Å²) in [6.45, 7) is 2.05. The largest absolute Gasteiger partial charge is 0.326 e. The predicted molar refractivity (Wildman–Crippen MR) is 86.1 cm³/mol. The molecule has 0 aliphatic heterocycles. The van der Waals surface area contributed by atoms with Gasteiger partial charge in [0.15, 0.2) is 0 Å². The molecule has 2 nitrogen and oxygen atoms in total. The van der Waals surface area contributed by atoms with Crippen LogP contribution >= 0.6 is 22.6 Å². The minimum absolute atomic E-state index is 0.202. The van der Waals surface area contributed by atoms with Crippen LogP contribution in [0.5, 0.6) is 0 Å². The number of halogens is 1. The van der Waals surface area contributed by atoms with Gasteiger partial charge in [0, 0.05) is 15.7 Å². The van der Waals surface area contributed by atoms with Crippen molar-refractivity contribution < 1.29 is 4.79 Å². The fraction of sp³-hybridized carbons (Fsp3) is 0.562. The Bertz CT molecular complexity index is 480. The highest BCUT2D eigenvalue weighted by Crippen LogP contribution is 2.50. The van der Waals surface area contributed by atoms with Crippen LogP contribution in [0.1, 0.15) is 37.7 Å². The van der Waals surface area contributed by atoms with Crippen LogP contribution in [0.2, 0.25) is 0 Å². The molecule has 3 rings (SSSR count). The van der Waals surface area contributed by atoms with E-state index in [2.05, 4.69) is 40.9 Å². The summed E-state index contributed by atoms with van der Waals surface area (Å²) in [6, 6.07) is 6.16. The lowest BCUT2D eigenvalue weighted by atomic mass is 9.94. The van der Waals surface area contributed by atoms with E-state index in [1.54, 1.807) is 0 Å². The third-order valence-electron chi connectivity index (χ3n) is 4.34. The second-order valence-electron chi connectivity index (χ2n) is 6.05. The van der Waals surface area contributed by atoms with E-state index in [4.69, 9.17) is 0 Å². The van der Waals surface area contributed by atoms with Crippen LogP contribution in [0.4, 0.5) is 5.69 Å². The van der Waals surface area contributed by atoms with Gasteiger partial charge in [-0.2, -0.15) is 0 Å². The molecule has 0 bridgehead atoms. The van der Waals surface area contributed by atoms with E-state index in [0.29, 0.717) is 5.92 Å². The highest BCUT2D eigenvalue weighted by Gasteiger charge is 2.42. The first-order valence-electron chi connectivity index (χ1n) is 7.19. The average Bonchev–Trinajstić information content (AvgIpc) is 3.24. The Balaban J connectivity index is 1.60. The van der Waals surface area contributed by atoms with Crippen molar-refractivity contribution in [3.05, 3.63) is 27.3 Å². The molecule has 0 atom stereocenters. The maximum atomic E-state index is 12.2. The number of rotatable bonds is 5. The standard InChI is InChI=1S/C16H20INO/c1-10-8-13(17)6-7-15(10)18-16(19)9-14(11-2-3-11)12-4-5-12/h6-8,11-12,14H,2-5,9H2,1H3,(H,18,19). The highest BCUT2D eigenvalue weighted by atomic mass is 127. The number of hydrogen-bond acceptors (Lipinski definition) is 1. The minimum Gasteiger partial charge on any atom is -0.326 e. The maximum absolute atomic E-state index is 12.2. The van der Waals surface area contributed by atoms with E-state index in [1.807, 2.05) is 12.1 Å². The fourth-order valence-corrected chi connectivity index (χ4v) is 3.60. The van der Waals surface area contributed by atoms with E-state index in [0.717, 1.165) is 29.5 Å². The Morgan fingerprint density at radius 3 is 2.47 bits per heavy atom. The molecule has 1 N–H and O–H groups in total. The van der Waals surface area contributed by atoms with Gasteiger partial charge in [-0.05, 0) is 96.7 Å². The first kappa shape index (κ1) is 13.4. The third-order valence-corrected chi connectivity index (χ3v) is 5.01. The normalized spacial score (nSPS) is 18.7. The molecule has 0 saturated heterocycles. The second kappa shape index (κ2) is 5.43. The molecular weight excluding hydrogens is 349 g/mol. The Labute approximate surface area is 128 Å². The van der Waals surface area contributed by atoms with Crippen molar-refractivity contribution in [3.8, 4) is 0 Å². The van der Waals surface area contributed by atoms with Gasteiger partial charge in [-0.1, -0.05) is 0 Å². The van der Waals surface area contributed by atoms with E-state index in [-0.39, 0.29) is 5.91 Å². The van der Waals surface area contributed by atoms with Gasteiger partial charge in [-0.3, -0.25) is 4.79 Å². The zero-order valence-corrected chi connectivity index (χ0v) is 13.4. The monoisotopic (exact) mass is 369 g/mol. The van der Waals surface area contributed by atoms with Crippen LogP contribution < -0.4 is 5.32 Å². The van der Waals surface area contributed by atoms with Crippen molar-refractivity contribution >= 4 is 34.2 Å². The molecule has 0 radical (unpaired) electrons. The van der Waals surface area contributed by atoms with Crippen molar-refractivity contribution in [2.24, 2.45) is 17.8 Å². The first-order valence-corrected chi connectivity index (χ1v) is 8.27. The van der Waals surface area contributed by atoms with E-state index in [1.165, 1.54) is 29.3 Å². The Morgan fingerprint density at radius 1 is 1.32 bits per heavy atom. The molecular formula is C16H20INO. The smallest absolute Gasteiger partial charge is 0.224 e. The molecule has 0 unspecified atom stereocenters. The molecule has 1 amide bonds. The van der Waals surface area contributed by atoms with Crippen molar-refractivity contribution in [1.29, 1.82) is 0 Å². The summed E-state index contributed by atoms with van der Waals surface area (Å²) in [7, 11) is 0. The van der Waals surface area contributed by atoms with Crippen LogP contribution in [-0.4, -0.2) is 5.91 Å². The molecule has 2 fully saturated rings. The SMILES string of the molecule is Cc1cc(I)ccc1NC(=O)CC(C1CC1)C1CC1. The molecule has 3 heteroatoms. The van der Waals surface area contributed by atoms with Crippen molar-refractivity contribution in [3.63, 3.8) is 0 Å². The zero-order valence-electron chi connectivity index (χ0n) is 11.3. The summed E-state index contributed by atoms with van der Waals surface area (Å²) in [5.74, 6) is 2.55. The number of anilines is 1. The number of carbonyl (C=O) groups excluding carboxylic acids is 1. The Morgan fingerprint density at radius 2 is 1.95 bits per heavy atom. The van der Waals surface area contributed by atoms with Crippen LogP contribution in [0.15, 0.2) is 18.2 Å². The quantitative estimate of drug-likeness (QED) is 0.768. The zero-order chi connectivity index (χ0) is 13.4. The van der Waals surface area contributed by atoms with Gasteiger partial charge in [0.25, 0.3) is 0 Å². The lowest BCUT2D eigenvalue weighted by Crippen LogP contribution is -2.19. The van der Waals surface area contributed by atoms with Gasteiger partial charge in [0.05, 0.1) is 0 Å². The molecule has 0 heterocycles. The van der Waals surface area contributed by atoms with Gasteiger partial charge >= 0.3 is 0 Å². The molecule has 1 aromatic rings. The van der Waals surface area contributed by atoms with Crippen molar-refractivity contribution in [2.75, 3.05) is 5.32 Å². The number of carbonyl (C=O) groups is 1. The summed E-state index contributed by atoms with van der Waals surface area (Å²) < 4.78 is 1.21. The van der Waals surface area contributed by atoms with Crippen LogP contribution in [0, 0.1) is 28.2 Å². The second-order valence-corrected chi connectivity index (χ2v) is 7.30. The lowest BCUT2D eigenvalue weighted by molar-refractivity contribution is -0.117. The third kappa shape index (κ3) is 3.50.